The zero-order valence-corrected chi connectivity index (χ0v) is 24.9. The van der Waals surface area contributed by atoms with Crippen LogP contribution in [0.25, 0.3) is 16.9 Å². The van der Waals surface area contributed by atoms with Crippen LogP contribution in [0.1, 0.15) is 34.5 Å². The number of nitrogens with one attached hydrogen (secondary N) is 1. The summed E-state index contributed by atoms with van der Waals surface area (Å²) in [5.74, 6) is 1.52. The number of nitrogen functional groups attached to an aromatic ring is 1. The van der Waals surface area contributed by atoms with E-state index in [1.165, 1.54) is 0 Å². The van der Waals surface area contributed by atoms with Crippen LogP contribution in [0.2, 0.25) is 0 Å². The summed E-state index contributed by atoms with van der Waals surface area (Å²) < 4.78 is 8.68. The number of ether oxygens (including phenoxy) is 1. The minimum absolute atomic E-state index is 0.0813. The predicted octanol–water partition coefficient (Wildman–Crippen LogP) is 2.46. The highest BCUT2D eigenvalue weighted by molar-refractivity contribution is 5.95. The number of anilines is 3. The van der Waals surface area contributed by atoms with Gasteiger partial charge in [-0.1, -0.05) is 18.2 Å². The van der Waals surface area contributed by atoms with Gasteiger partial charge < -0.3 is 25.6 Å². The Morgan fingerprint density at radius 3 is 2.53 bits per heavy atom. The first-order valence-corrected chi connectivity index (χ1v) is 14.5. The smallest absolute Gasteiger partial charge is 0.284 e. The van der Waals surface area contributed by atoms with E-state index in [-0.39, 0.29) is 29.2 Å². The maximum absolute atomic E-state index is 13.4. The van der Waals surface area contributed by atoms with Crippen molar-refractivity contribution in [2.24, 2.45) is 7.05 Å². The molecule has 12 heteroatoms. The average molecular weight is 584 g/mol. The minimum atomic E-state index is -0.349. The molecule has 0 saturated carbocycles. The van der Waals surface area contributed by atoms with Gasteiger partial charge in [0.15, 0.2) is 11.6 Å². The molecule has 12 nitrogen and oxygen atoms in total. The Kier molecular flexibility index (Phi) is 7.61. The summed E-state index contributed by atoms with van der Waals surface area (Å²) in [6.45, 7) is 6.65. The first-order valence-electron chi connectivity index (χ1n) is 14.5. The Labute approximate surface area is 250 Å². The summed E-state index contributed by atoms with van der Waals surface area (Å²) >= 11 is 0. The third-order valence-electron chi connectivity index (χ3n) is 8.58. The quantitative estimate of drug-likeness (QED) is 0.336. The second kappa shape index (κ2) is 11.5. The largest absolute Gasteiger partial charge is 0.381 e. The molecule has 0 bridgehead atoms. The number of amides is 1. The van der Waals surface area contributed by atoms with Gasteiger partial charge in [-0.05, 0) is 50.5 Å². The Morgan fingerprint density at radius 1 is 1.07 bits per heavy atom. The van der Waals surface area contributed by atoms with Crippen LogP contribution >= 0.6 is 0 Å². The summed E-state index contributed by atoms with van der Waals surface area (Å²) in [6, 6.07) is 11.5. The van der Waals surface area contributed by atoms with Crippen LogP contribution in [-0.2, 0) is 11.8 Å². The van der Waals surface area contributed by atoms with Gasteiger partial charge in [0.1, 0.15) is 11.4 Å². The number of pyridine rings is 1. The molecule has 3 N–H and O–H groups in total. The second-order valence-corrected chi connectivity index (χ2v) is 11.3. The number of carbonyl (C=O) groups is 1. The summed E-state index contributed by atoms with van der Waals surface area (Å²) in [6.07, 6.45) is 5.06. The van der Waals surface area contributed by atoms with E-state index >= 15 is 0 Å². The summed E-state index contributed by atoms with van der Waals surface area (Å²) in [4.78, 5) is 44.9. The summed E-state index contributed by atoms with van der Waals surface area (Å²) in [5.41, 5.74) is 10.1. The number of aromatic nitrogens is 5. The molecule has 1 aromatic carbocycles. The highest BCUT2D eigenvalue weighted by Crippen LogP contribution is 2.29. The van der Waals surface area contributed by atoms with Gasteiger partial charge in [0.25, 0.3) is 11.5 Å². The molecule has 2 saturated heterocycles. The molecule has 2 aliphatic rings. The van der Waals surface area contributed by atoms with Crippen molar-refractivity contribution in [3.05, 3.63) is 76.0 Å². The summed E-state index contributed by atoms with van der Waals surface area (Å²) in [5, 5.41) is 3.10. The van der Waals surface area contributed by atoms with Gasteiger partial charge in [-0.2, -0.15) is 0 Å². The normalized spacial score (nSPS) is 15.9. The zero-order chi connectivity index (χ0) is 30.2. The molecule has 0 atom stereocenters. The molecule has 4 aromatic rings. The van der Waals surface area contributed by atoms with E-state index in [2.05, 4.69) is 25.1 Å². The molecule has 0 radical (unpaired) electrons. The minimum Gasteiger partial charge on any atom is -0.381 e. The third kappa shape index (κ3) is 5.34. The van der Waals surface area contributed by atoms with E-state index in [9.17, 15) is 9.59 Å². The van der Waals surface area contributed by atoms with Gasteiger partial charge >= 0.3 is 0 Å². The fourth-order valence-corrected chi connectivity index (χ4v) is 5.82. The van der Waals surface area contributed by atoms with Crippen LogP contribution in [0, 0.1) is 13.8 Å². The number of para-hydroxylation sites is 1. The van der Waals surface area contributed by atoms with Crippen molar-refractivity contribution in [3.8, 4) is 16.9 Å². The van der Waals surface area contributed by atoms with Gasteiger partial charge in [-0.3, -0.25) is 14.3 Å². The van der Waals surface area contributed by atoms with E-state index in [1.54, 1.807) is 42.8 Å². The van der Waals surface area contributed by atoms with Gasteiger partial charge in [0, 0.05) is 58.1 Å². The van der Waals surface area contributed by atoms with Crippen LogP contribution in [0.5, 0.6) is 0 Å². The van der Waals surface area contributed by atoms with Crippen molar-refractivity contribution in [2.75, 3.05) is 48.8 Å². The molecule has 6 rings (SSSR count). The number of methoxy groups -OCH3 is 1. The number of nitrogens with zero attached hydrogens (tertiary/aromatic N) is 7. The molecule has 5 heterocycles. The lowest BCUT2D eigenvalue weighted by Crippen LogP contribution is -2.52. The molecule has 0 unspecified atom stereocenters. The molecular formula is C31H37N9O3. The zero-order valence-electron chi connectivity index (χ0n) is 24.9. The first kappa shape index (κ1) is 28.4. The molecule has 3 aromatic heterocycles. The Bertz CT molecular complexity index is 1720. The fraction of sp³-hybridized carbons (Fsp3) is 0.387. The van der Waals surface area contributed by atoms with E-state index < -0.39 is 0 Å². The Balaban J connectivity index is 1.13. The van der Waals surface area contributed by atoms with Gasteiger partial charge in [0.05, 0.1) is 29.4 Å². The van der Waals surface area contributed by atoms with Crippen LogP contribution < -0.4 is 26.4 Å². The molecule has 2 fully saturated rings. The first-order chi connectivity index (χ1) is 20.7. The highest BCUT2D eigenvalue weighted by Gasteiger charge is 2.29. The van der Waals surface area contributed by atoms with Crippen LogP contribution in [0.15, 0.2) is 53.6 Å². The predicted molar refractivity (Wildman–Crippen MR) is 166 cm³/mol. The molecule has 0 spiro atoms. The molecule has 224 valence electrons. The van der Waals surface area contributed by atoms with Gasteiger partial charge in [-0.25, -0.2) is 19.6 Å². The number of nitrogens with two attached hydrogens (primary N) is 1. The van der Waals surface area contributed by atoms with Crippen LogP contribution in [0.4, 0.5) is 17.5 Å². The van der Waals surface area contributed by atoms with Crippen molar-refractivity contribution in [1.82, 2.24) is 29.6 Å². The molecule has 0 aliphatic carbocycles. The Morgan fingerprint density at radius 2 is 1.81 bits per heavy atom. The average Bonchev–Trinajstić information content (AvgIpc) is 3.21. The number of carbonyl (C=O) groups excluding carboxylic acids is 1. The Hall–Kier alpha value is -4.71. The number of piperidine rings is 1. The SMILES string of the molecule is COC1CN(c2cc(-c3cnc(N)c(N4CCC(NC(=O)c5c(C)n(C)n(-c6ccccc6C)c5=O)CC4)n3)ccn2)C1. The number of hydrogen-bond donors (Lipinski definition) is 2. The standard InChI is InChI=1S/C31H37N9O3/c1-19-7-5-6-8-25(19)40-31(42)27(20(2)37(40)3)30(41)35-22-10-13-38(14-11-22)29-28(32)34-16-24(36-29)21-9-12-33-26(15-21)39-17-23(18-39)43-4/h5-9,12,15-16,22-23H,10-11,13-14,17-18H2,1-4H3,(H2,32,34)(H,35,41). The van der Waals surface area contributed by atoms with Crippen LogP contribution in [-0.4, -0.2) is 75.7 Å². The van der Waals surface area contributed by atoms with Crippen molar-refractivity contribution in [2.45, 2.75) is 38.8 Å². The van der Waals surface area contributed by atoms with Crippen molar-refractivity contribution >= 4 is 23.4 Å². The van der Waals surface area contributed by atoms with E-state index in [0.29, 0.717) is 43.3 Å². The number of aryl methyl sites for hydroxylation is 1. The molecule has 43 heavy (non-hydrogen) atoms. The second-order valence-electron chi connectivity index (χ2n) is 11.3. The topological polar surface area (TPSA) is 136 Å². The fourth-order valence-electron chi connectivity index (χ4n) is 5.82. The monoisotopic (exact) mass is 583 g/mol. The lowest BCUT2D eigenvalue weighted by Gasteiger charge is -2.39. The summed E-state index contributed by atoms with van der Waals surface area (Å²) in [7, 11) is 3.52. The third-order valence-corrected chi connectivity index (χ3v) is 8.58. The number of hydrogen-bond acceptors (Lipinski definition) is 9. The molecule has 1 amide bonds. The van der Waals surface area contributed by atoms with Crippen molar-refractivity contribution < 1.29 is 9.53 Å². The molecule has 2 aliphatic heterocycles. The highest BCUT2D eigenvalue weighted by atomic mass is 16.5. The number of rotatable bonds is 7. The van der Waals surface area contributed by atoms with E-state index in [4.69, 9.17) is 15.5 Å². The maximum atomic E-state index is 13.4. The lowest BCUT2D eigenvalue weighted by molar-refractivity contribution is 0.0783. The maximum Gasteiger partial charge on any atom is 0.284 e. The van der Waals surface area contributed by atoms with E-state index in [1.807, 2.05) is 43.3 Å². The molecular weight excluding hydrogens is 546 g/mol. The van der Waals surface area contributed by atoms with Crippen molar-refractivity contribution in [1.29, 1.82) is 0 Å². The van der Waals surface area contributed by atoms with Crippen molar-refractivity contribution in [3.63, 3.8) is 0 Å². The van der Waals surface area contributed by atoms with E-state index in [0.717, 1.165) is 41.4 Å². The van der Waals surface area contributed by atoms with Crippen LogP contribution in [0.3, 0.4) is 0 Å². The number of benzene rings is 1. The lowest BCUT2D eigenvalue weighted by atomic mass is 10.0. The van der Waals surface area contributed by atoms with Gasteiger partial charge in [0.2, 0.25) is 0 Å². The van der Waals surface area contributed by atoms with Gasteiger partial charge in [-0.15, -0.1) is 0 Å².